The molecule has 0 fully saturated rings. The zero-order valence-corrected chi connectivity index (χ0v) is 14.6. The largest absolute Gasteiger partial charge is 0.312 e. The Morgan fingerprint density at radius 1 is 1.38 bits per heavy atom. The standard InChI is InChI=1S/C18H30N2S/c1-4-10-19-17(13-21-12-14(2)3)16-9-5-7-15-8-6-11-20-18(15)16/h6,8,11,14,16-17,19H,4-5,7,9-10,12-13H2,1-3H3. The third-order valence-electron chi connectivity index (χ3n) is 4.13. The Morgan fingerprint density at radius 2 is 2.24 bits per heavy atom. The molecule has 1 heterocycles. The number of aromatic nitrogens is 1. The van der Waals surface area contributed by atoms with Crippen LogP contribution in [0.5, 0.6) is 0 Å². The SMILES string of the molecule is CCCNC(CSCC(C)C)C1CCCc2cccnc21. The summed E-state index contributed by atoms with van der Waals surface area (Å²) in [6.45, 7) is 7.97. The molecule has 0 saturated heterocycles. The molecule has 1 N–H and O–H groups in total. The molecule has 0 aliphatic heterocycles. The van der Waals surface area contributed by atoms with Crippen LogP contribution < -0.4 is 5.32 Å². The number of rotatable bonds is 8. The van der Waals surface area contributed by atoms with Crippen molar-refractivity contribution in [3.05, 3.63) is 29.6 Å². The van der Waals surface area contributed by atoms with E-state index in [2.05, 4.69) is 50.0 Å². The molecule has 0 saturated carbocycles. The summed E-state index contributed by atoms with van der Waals surface area (Å²) in [6, 6.07) is 4.93. The van der Waals surface area contributed by atoms with E-state index in [0.29, 0.717) is 12.0 Å². The van der Waals surface area contributed by atoms with Crippen molar-refractivity contribution < 1.29 is 0 Å². The van der Waals surface area contributed by atoms with E-state index >= 15 is 0 Å². The highest BCUT2D eigenvalue weighted by molar-refractivity contribution is 7.99. The molecule has 118 valence electrons. The van der Waals surface area contributed by atoms with E-state index in [1.165, 1.54) is 48.4 Å². The molecule has 1 aliphatic rings. The van der Waals surface area contributed by atoms with Crippen molar-refractivity contribution >= 4 is 11.8 Å². The van der Waals surface area contributed by atoms with Gasteiger partial charge >= 0.3 is 0 Å². The topological polar surface area (TPSA) is 24.9 Å². The number of thioether (sulfide) groups is 1. The summed E-state index contributed by atoms with van der Waals surface area (Å²) >= 11 is 2.10. The van der Waals surface area contributed by atoms with Crippen LogP contribution in [0, 0.1) is 5.92 Å². The summed E-state index contributed by atoms with van der Waals surface area (Å²) in [6.07, 6.45) is 6.97. The average Bonchev–Trinajstić information content (AvgIpc) is 2.50. The quantitative estimate of drug-likeness (QED) is 0.777. The van der Waals surface area contributed by atoms with Crippen LogP contribution in [0.25, 0.3) is 0 Å². The highest BCUT2D eigenvalue weighted by Crippen LogP contribution is 2.33. The lowest BCUT2D eigenvalue weighted by Gasteiger charge is -2.32. The van der Waals surface area contributed by atoms with Gasteiger partial charge in [-0.25, -0.2) is 0 Å². The highest BCUT2D eigenvalue weighted by atomic mass is 32.2. The van der Waals surface area contributed by atoms with Gasteiger partial charge < -0.3 is 5.32 Å². The van der Waals surface area contributed by atoms with Crippen molar-refractivity contribution in [3.8, 4) is 0 Å². The van der Waals surface area contributed by atoms with Crippen LogP contribution in [0.2, 0.25) is 0 Å². The number of fused-ring (bicyclic) bond motifs is 1. The number of hydrogen-bond acceptors (Lipinski definition) is 3. The molecule has 0 aromatic carbocycles. The Morgan fingerprint density at radius 3 is 3.00 bits per heavy atom. The highest BCUT2D eigenvalue weighted by Gasteiger charge is 2.28. The van der Waals surface area contributed by atoms with E-state index < -0.39 is 0 Å². The van der Waals surface area contributed by atoms with Crippen LogP contribution in [-0.4, -0.2) is 29.1 Å². The molecular weight excluding hydrogens is 276 g/mol. The molecule has 0 spiro atoms. The zero-order chi connectivity index (χ0) is 15.1. The first kappa shape index (κ1) is 16.8. The number of pyridine rings is 1. The van der Waals surface area contributed by atoms with Gasteiger partial charge in [0.2, 0.25) is 0 Å². The second-order valence-corrected chi connectivity index (χ2v) is 7.61. The molecule has 1 aliphatic carbocycles. The molecule has 2 unspecified atom stereocenters. The van der Waals surface area contributed by atoms with E-state index in [0.717, 1.165) is 12.5 Å². The lowest BCUT2D eigenvalue weighted by Crippen LogP contribution is -2.39. The summed E-state index contributed by atoms with van der Waals surface area (Å²) in [4.78, 5) is 4.72. The summed E-state index contributed by atoms with van der Waals surface area (Å²) < 4.78 is 0. The van der Waals surface area contributed by atoms with Crippen LogP contribution in [0.4, 0.5) is 0 Å². The van der Waals surface area contributed by atoms with Gasteiger partial charge in [-0.1, -0.05) is 26.8 Å². The lowest BCUT2D eigenvalue weighted by atomic mass is 9.82. The fourth-order valence-electron chi connectivity index (χ4n) is 3.11. The summed E-state index contributed by atoms with van der Waals surface area (Å²) in [7, 11) is 0. The number of aryl methyl sites for hydroxylation is 1. The average molecular weight is 307 g/mol. The predicted molar refractivity (Wildman–Crippen MR) is 94.2 cm³/mol. The van der Waals surface area contributed by atoms with Crippen molar-refractivity contribution in [1.29, 1.82) is 0 Å². The summed E-state index contributed by atoms with van der Waals surface area (Å²) in [5.41, 5.74) is 2.84. The Balaban J connectivity index is 2.05. The monoisotopic (exact) mass is 306 g/mol. The van der Waals surface area contributed by atoms with Crippen molar-refractivity contribution in [2.75, 3.05) is 18.1 Å². The first-order valence-corrected chi connectivity index (χ1v) is 9.62. The third-order valence-corrected chi connectivity index (χ3v) is 5.63. The molecule has 2 nitrogen and oxygen atoms in total. The van der Waals surface area contributed by atoms with Crippen LogP contribution in [0.15, 0.2) is 18.3 Å². The maximum atomic E-state index is 4.72. The molecule has 0 bridgehead atoms. The van der Waals surface area contributed by atoms with E-state index in [9.17, 15) is 0 Å². The van der Waals surface area contributed by atoms with Crippen LogP contribution >= 0.6 is 11.8 Å². The zero-order valence-electron chi connectivity index (χ0n) is 13.8. The second-order valence-electron chi connectivity index (χ2n) is 6.54. The third kappa shape index (κ3) is 5.00. The van der Waals surface area contributed by atoms with Crippen LogP contribution in [-0.2, 0) is 6.42 Å². The fraction of sp³-hybridized carbons (Fsp3) is 0.722. The number of nitrogens with one attached hydrogen (secondary N) is 1. The molecule has 1 aromatic rings. The molecule has 1 aromatic heterocycles. The smallest absolute Gasteiger partial charge is 0.0482 e. The van der Waals surface area contributed by atoms with Gasteiger partial charge in [0, 0.05) is 29.6 Å². The van der Waals surface area contributed by atoms with Crippen molar-refractivity contribution in [1.82, 2.24) is 10.3 Å². The van der Waals surface area contributed by atoms with Gasteiger partial charge in [0.05, 0.1) is 0 Å². The van der Waals surface area contributed by atoms with Crippen LogP contribution in [0.1, 0.15) is 57.2 Å². The normalized spacial score (nSPS) is 19.5. The van der Waals surface area contributed by atoms with Crippen molar-refractivity contribution in [2.45, 2.75) is 58.4 Å². The van der Waals surface area contributed by atoms with Gasteiger partial charge in [0.15, 0.2) is 0 Å². The minimum absolute atomic E-state index is 0.572. The van der Waals surface area contributed by atoms with Gasteiger partial charge in [-0.15, -0.1) is 0 Å². The number of nitrogens with zero attached hydrogens (tertiary/aromatic N) is 1. The Hall–Kier alpha value is -0.540. The molecule has 0 amide bonds. The summed E-state index contributed by atoms with van der Waals surface area (Å²) in [5, 5.41) is 3.79. The van der Waals surface area contributed by atoms with E-state index in [1.807, 2.05) is 6.20 Å². The maximum absolute atomic E-state index is 4.72. The Kier molecular flexibility index (Phi) is 7.05. The Labute approximate surface area is 134 Å². The first-order valence-electron chi connectivity index (χ1n) is 8.47. The minimum atomic E-state index is 0.572. The lowest BCUT2D eigenvalue weighted by molar-refractivity contribution is 0.411. The van der Waals surface area contributed by atoms with Crippen molar-refractivity contribution in [2.24, 2.45) is 5.92 Å². The molecule has 2 rings (SSSR count). The molecule has 21 heavy (non-hydrogen) atoms. The second kappa shape index (κ2) is 8.79. The Bertz CT molecular complexity index is 419. The first-order chi connectivity index (χ1) is 10.2. The molecule has 2 atom stereocenters. The van der Waals surface area contributed by atoms with Gasteiger partial charge in [0.1, 0.15) is 0 Å². The van der Waals surface area contributed by atoms with Gasteiger partial charge in [0.25, 0.3) is 0 Å². The van der Waals surface area contributed by atoms with Crippen LogP contribution in [0.3, 0.4) is 0 Å². The maximum Gasteiger partial charge on any atom is 0.0482 e. The van der Waals surface area contributed by atoms with Gasteiger partial charge in [-0.05, 0) is 55.5 Å². The predicted octanol–water partition coefficient (Wildman–Crippen LogP) is 4.26. The van der Waals surface area contributed by atoms with Gasteiger partial charge in [-0.2, -0.15) is 11.8 Å². The fourth-order valence-corrected chi connectivity index (χ4v) is 4.33. The number of hydrogen-bond donors (Lipinski definition) is 1. The minimum Gasteiger partial charge on any atom is -0.312 e. The van der Waals surface area contributed by atoms with E-state index in [4.69, 9.17) is 4.98 Å². The molecular formula is C18H30N2S. The summed E-state index contributed by atoms with van der Waals surface area (Å²) in [5.74, 6) is 3.84. The van der Waals surface area contributed by atoms with Crippen molar-refractivity contribution in [3.63, 3.8) is 0 Å². The van der Waals surface area contributed by atoms with Gasteiger partial charge in [-0.3, -0.25) is 4.98 Å². The molecule has 3 heteroatoms. The molecule has 0 radical (unpaired) electrons. The van der Waals surface area contributed by atoms with E-state index in [1.54, 1.807) is 0 Å². The van der Waals surface area contributed by atoms with E-state index in [-0.39, 0.29) is 0 Å².